The first-order valence-electron chi connectivity index (χ1n) is 6.10. The molecule has 0 fully saturated rings. The van der Waals surface area contributed by atoms with Gasteiger partial charge >= 0.3 is 0 Å². The van der Waals surface area contributed by atoms with Crippen LogP contribution < -0.4 is 10.1 Å². The van der Waals surface area contributed by atoms with Crippen molar-refractivity contribution in [2.24, 2.45) is 0 Å². The van der Waals surface area contributed by atoms with Crippen molar-refractivity contribution in [1.29, 1.82) is 0 Å². The molecule has 106 valence electrons. The van der Waals surface area contributed by atoms with E-state index in [9.17, 15) is 8.78 Å². The van der Waals surface area contributed by atoms with Gasteiger partial charge < -0.3 is 10.1 Å². The van der Waals surface area contributed by atoms with E-state index in [1.165, 1.54) is 18.2 Å². The summed E-state index contributed by atoms with van der Waals surface area (Å²) in [4.78, 5) is 0. The molecular formula is C15H14BrF2NO. The average molecular weight is 342 g/mol. The van der Waals surface area contributed by atoms with Crippen LogP contribution in [0.1, 0.15) is 11.1 Å². The molecule has 2 aromatic rings. The van der Waals surface area contributed by atoms with Crippen molar-refractivity contribution >= 4 is 15.9 Å². The number of rotatable bonds is 5. The summed E-state index contributed by atoms with van der Waals surface area (Å²) in [7, 11) is 1.78. The fraction of sp³-hybridized carbons (Fsp3) is 0.200. The van der Waals surface area contributed by atoms with Gasteiger partial charge in [-0.1, -0.05) is 34.1 Å². The number of hydrogen-bond acceptors (Lipinski definition) is 2. The summed E-state index contributed by atoms with van der Waals surface area (Å²) in [5.74, 6) is -0.517. The van der Waals surface area contributed by atoms with Gasteiger partial charge in [-0.3, -0.25) is 0 Å². The molecule has 20 heavy (non-hydrogen) atoms. The lowest BCUT2D eigenvalue weighted by Crippen LogP contribution is -2.09. The van der Waals surface area contributed by atoms with Gasteiger partial charge in [0.15, 0.2) is 11.6 Å². The highest BCUT2D eigenvalue weighted by atomic mass is 79.9. The molecule has 0 atom stereocenters. The Morgan fingerprint density at radius 1 is 1.15 bits per heavy atom. The van der Waals surface area contributed by atoms with E-state index in [-0.39, 0.29) is 18.2 Å². The largest absolute Gasteiger partial charge is 0.485 e. The third kappa shape index (κ3) is 3.55. The molecule has 2 rings (SSSR count). The predicted octanol–water partition coefficient (Wildman–Crippen LogP) is 4.03. The summed E-state index contributed by atoms with van der Waals surface area (Å²) >= 11 is 3.26. The van der Waals surface area contributed by atoms with Crippen LogP contribution in [0.2, 0.25) is 0 Å². The number of para-hydroxylation sites is 1. The van der Waals surface area contributed by atoms with Crippen molar-refractivity contribution in [3.63, 3.8) is 0 Å². The number of hydrogen-bond donors (Lipinski definition) is 1. The lowest BCUT2D eigenvalue weighted by atomic mass is 10.2. The van der Waals surface area contributed by atoms with E-state index in [0.29, 0.717) is 11.0 Å². The molecule has 0 saturated carbocycles. The Balaban J connectivity index is 2.18. The molecule has 0 aliphatic heterocycles. The second-order valence-electron chi connectivity index (χ2n) is 4.28. The summed E-state index contributed by atoms with van der Waals surface area (Å²) in [5, 5.41) is 2.96. The van der Waals surface area contributed by atoms with Gasteiger partial charge in [0.25, 0.3) is 0 Å². The smallest absolute Gasteiger partial charge is 0.165 e. The van der Waals surface area contributed by atoms with Crippen LogP contribution in [0.15, 0.2) is 40.9 Å². The van der Waals surface area contributed by atoms with Gasteiger partial charge in [0.2, 0.25) is 0 Å². The van der Waals surface area contributed by atoms with Crippen molar-refractivity contribution in [2.45, 2.75) is 13.2 Å². The molecule has 5 heteroatoms. The quantitative estimate of drug-likeness (QED) is 0.886. The number of nitrogens with one attached hydrogen (secondary N) is 1. The molecule has 0 aromatic heterocycles. The topological polar surface area (TPSA) is 21.3 Å². The predicted molar refractivity (Wildman–Crippen MR) is 77.6 cm³/mol. The van der Waals surface area contributed by atoms with Gasteiger partial charge in [0.05, 0.1) is 0 Å². The molecule has 0 spiro atoms. The molecule has 0 saturated heterocycles. The summed E-state index contributed by atoms with van der Waals surface area (Å²) in [6.07, 6.45) is 0. The molecule has 0 aliphatic rings. The van der Waals surface area contributed by atoms with Crippen LogP contribution in [0, 0.1) is 11.6 Å². The maximum atomic E-state index is 13.8. The van der Waals surface area contributed by atoms with E-state index in [2.05, 4.69) is 21.2 Å². The van der Waals surface area contributed by atoms with Crippen molar-refractivity contribution in [3.8, 4) is 5.75 Å². The van der Waals surface area contributed by atoms with E-state index >= 15 is 0 Å². The highest BCUT2D eigenvalue weighted by molar-refractivity contribution is 9.10. The summed E-state index contributed by atoms with van der Waals surface area (Å²) in [6.45, 7) is 0.677. The molecule has 0 radical (unpaired) electrons. The zero-order valence-electron chi connectivity index (χ0n) is 10.9. The van der Waals surface area contributed by atoms with Crippen molar-refractivity contribution in [2.75, 3.05) is 7.05 Å². The number of benzene rings is 2. The molecule has 0 heterocycles. The molecule has 0 unspecified atom stereocenters. The molecule has 2 aromatic carbocycles. The SMILES string of the molecule is CNCc1cccc(F)c1OCc1ccc(F)cc1Br. The van der Waals surface area contributed by atoms with Gasteiger partial charge in [-0.2, -0.15) is 0 Å². The van der Waals surface area contributed by atoms with Crippen LogP contribution in [-0.4, -0.2) is 7.05 Å². The van der Waals surface area contributed by atoms with Crippen LogP contribution in [0.3, 0.4) is 0 Å². The van der Waals surface area contributed by atoms with Gasteiger partial charge in [0, 0.05) is 22.1 Å². The zero-order chi connectivity index (χ0) is 14.5. The summed E-state index contributed by atoms with van der Waals surface area (Å²) < 4.78 is 33.0. The molecule has 0 amide bonds. The fourth-order valence-corrected chi connectivity index (χ4v) is 2.30. The van der Waals surface area contributed by atoms with Crippen molar-refractivity contribution in [1.82, 2.24) is 5.32 Å². The fourth-order valence-electron chi connectivity index (χ4n) is 1.83. The Morgan fingerprint density at radius 2 is 1.95 bits per heavy atom. The lowest BCUT2D eigenvalue weighted by molar-refractivity contribution is 0.285. The first kappa shape index (κ1) is 14.9. The normalized spacial score (nSPS) is 10.6. The first-order chi connectivity index (χ1) is 9.61. The molecule has 0 aliphatic carbocycles. The Hall–Kier alpha value is -1.46. The molecular weight excluding hydrogens is 328 g/mol. The highest BCUT2D eigenvalue weighted by Gasteiger charge is 2.10. The number of ether oxygens (including phenoxy) is 1. The van der Waals surface area contributed by atoms with Crippen LogP contribution in [0.5, 0.6) is 5.75 Å². The summed E-state index contributed by atoms with van der Waals surface area (Å²) in [6, 6.07) is 9.11. The van der Waals surface area contributed by atoms with E-state index in [0.717, 1.165) is 11.1 Å². The third-order valence-corrected chi connectivity index (χ3v) is 3.54. The lowest BCUT2D eigenvalue weighted by Gasteiger charge is -2.13. The van der Waals surface area contributed by atoms with Crippen LogP contribution in [0.25, 0.3) is 0 Å². The van der Waals surface area contributed by atoms with E-state index in [4.69, 9.17) is 4.74 Å². The maximum Gasteiger partial charge on any atom is 0.165 e. The minimum atomic E-state index is -0.406. The Labute approximate surface area is 124 Å². The maximum absolute atomic E-state index is 13.8. The number of halogens is 3. The highest BCUT2D eigenvalue weighted by Crippen LogP contribution is 2.25. The standard InChI is InChI=1S/C15H14BrF2NO/c1-19-8-10-3-2-4-14(18)15(10)20-9-11-5-6-12(17)7-13(11)16/h2-7,19H,8-9H2,1H3. The Bertz CT molecular complexity index is 604. The van der Waals surface area contributed by atoms with Gasteiger partial charge in [0.1, 0.15) is 12.4 Å². The van der Waals surface area contributed by atoms with Crippen LogP contribution >= 0.6 is 15.9 Å². The van der Waals surface area contributed by atoms with Crippen LogP contribution in [0.4, 0.5) is 8.78 Å². The zero-order valence-corrected chi connectivity index (χ0v) is 12.5. The van der Waals surface area contributed by atoms with Crippen molar-refractivity contribution in [3.05, 3.63) is 63.6 Å². The van der Waals surface area contributed by atoms with E-state index in [1.807, 2.05) is 0 Å². The van der Waals surface area contributed by atoms with Crippen molar-refractivity contribution < 1.29 is 13.5 Å². The minimum Gasteiger partial charge on any atom is -0.485 e. The molecule has 2 nitrogen and oxygen atoms in total. The van der Waals surface area contributed by atoms with Gasteiger partial charge in [-0.15, -0.1) is 0 Å². The summed E-state index contributed by atoms with van der Waals surface area (Å²) in [5.41, 5.74) is 1.50. The Morgan fingerprint density at radius 3 is 2.65 bits per heavy atom. The second-order valence-corrected chi connectivity index (χ2v) is 5.14. The minimum absolute atomic E-state index is 0.165. The Kier molecular flexibility index (Phi) is 5.09. The van der Waals surface area contributed by atoms with E-state index in [1.54, 1.807) is 25.2 Å². The average Bonchev–Trinajstić information content (AvgIpc) is 2.40. The monoisotopic (exact) mass is 341 g/mol. The van der Waals surface area contributed by atoms with Gasteiger partial charge in [-0.05, 0) is 25.2 Å². The van der Waals surface area contributed by atoms with E-state index < -0.39 is 5.82 Å². The second kappa shape index (κ2) is 6.81. The van der Waals surface area contributed by atoms with Crippen LogP contribution in [-0.2, 0) is 13.2 Å². The third-order valence-electron chi connectivity index (χ3n) is 2.80. The van der Waals surface area contributed by atoms with Gasteiger partial charge in [-0.25, -0.2) is 8.78 Å². The first-order valence-corrected chi connectivity index (χ1v) is 6.90. The molecule has 1 N–H and O–H groups in total. The molecule has 0 bridgehead atoms.